The molecule has 0 aromatic carbocycles. The first-order valence-electron chi connectivity index (χ1n) is 2.92. The van der Waals surface area contributed by atoms with Crippen molar-refractivity contribution < 1.29 is 0 Å². The molecule has 0 heterocycles. The molecule has 0 rings (SSSR count). The van der Waals surface area contributed by atoms with Crippen molar-refractivity contribution in [3.63, 3.8) is 0 Å². The monoisotopic (exact) mass is 129 g/mol. The molecule has 0 unspecified atom stereocenters. The number of rotatable bonds is 5. The Morgan fingerprint density at radius 3 is 2.88 bits per heavy atom. The fraction of sp³-hybridized carbons (Fsp3) is 0.571. The van der Waals surface area contributed by atoms with Gasteiger partial charge in [0, 0.05) is 5.75 Å². The van der Waals surface area contributed by atoms with E-state index >= 15 is 0 Å². The lowest BCUT2D eigenvalue weighted by atomic mass is 10.3. The fourth-order valence-corrected chi connectivity index (χ4v) is 0.998. The zero-order valence-electron chi connectivity index (χ0n) is 5.39. The second kappa shape index (κ2) is 7.09. The zero-order valence-corrected chi connectivity index (χ0v) is 6.21. The van der Waals surface area contributed by atoms with Crippen LogP contribution in [0, 0.1) is 5.75 Å². The summed E-state index contributed by atoms with van der Waals surface area (Å²) in [5, 5.41) is 0. The van der Waals surface area contributed by atoms with Gasteiger partial charge in [0.15, 0.2) is 0 Å². The van der Waals surface area contributed by atoms with E-state index in [0.717, 1.165) is 6.42 Å². The molecule has 0 aromatic rings. The molecule has 0 aliphatic rings. The van der Waals surface area contributed by atoms with Gasteiger partial charge in [-0.05, 0) is 18.6 Å². The smallest absolute Gasteiger partial charge is 0.0135 e. The summed E-state index contributed by atoms with van der Waals surface area (Å²) in [4.78, 5) is 0. The third-order valence-electron chi connectivity index (χ3n) is 0.837. The van der Waals surface area contributed by atoms with Crippen LogP contribution in [0.25, 0.3) is 0 Å². The van der Waals surface area contributed by atoms with Gasteiger partial charge < -0.3 is 0 Å². The Morgan fingerprint density at radius 1 is 1.62 bits per heavy atom. The molecule has 8 heavy (non-hydrogen) atoms. The van der Waals surface area contributed by atoms with Crippen molar-refractivity contribution in [2.75, 3.05) is 5.75 Å². The van der Waals surface area contributed by atoms with Crippen LogP contribution < -0.4 is 0 Å². The minimum absolute atomic E-state index is 1.15. The normalized spacial score (nSPS) is 9.12. The van der Waals surface area contributed by atoms with Crippen LogP contribution in [0.4, 0.5) is 0 Å². The van der Waals surface area contributed by atoms with Gasteiger partial charge in [0.05, 0.1) is 0 Å². The molecule has 0 atom stereocenters. The summed E-state index contributed by atoms with van der Waals surface area (Å²) in [6.45, 7) is 5.71. The lowest BCUT2D eigenvalue weighted by Crippen LogP contribution is -1.74. The van der Waals surface area contributed by atoms with E-state index in [2.05, 4.69) is 19.3 Å². The van der Waals surface area contributed by atoms with Crippen molar-refractivity contribution >= 4 is 11.8 Å². The van der Waals surface area contributed by atoms with Crippen LogP contribution in [-0.2, 0) is 0 Å². The van der Waals surface area contributed by atoms with Crippen molar-refractivity contribution in [3.05, 3.63) is 18.4 Å². The highest BCUT2D eigenvalue weighted by atomic mass is 32.2. The molecular weight excluding hydrogens is 116 g/mol. The van der Waals surface area contributed by atoms with E-state index in [1.165, 1.54) is 12.2 Å². The van der Waals surface area contributed by atoms with Crippen molar-refractivity contribution in [1.82, 2.24) is 0 Å². The van der Waals surface area contributed by atoms with Crippen LogP contribution in [0.1, 0.15) is 19.8 Å². The van der Waals surface area contributed by atoms with E-state index in [0.29, 0.717) is 0 Å². The number of hydrogen-bond acceptors (Lipinski definition) is 1. The zero-order chi connectivity index (χ0) is 6.24. The van der Waals surface area contributed by atoms with Crippen LogP contribution in [0.2, 0.25) is 0 Å². The molecule has 0 aliphatic carbocycles. The number of hydrogen-bond donors (Lipinski definition) is 0. The second-order valence-electron chi connectivity index (χ2n) is 1.54. The molecule has 0 spiro atoms. The Bertz CT molecular complexity index is 50.3. The van der Waals surface area contributed by atoms with Gasteiger partial charge in [-0.3, -0.25) is 0 Å². The van der Waals surface area contributed by atoms with Gasteiger partial charge in [-0.2, -0.15) is 11.8 Å². The van der Waals surface area contributed by atoms with E-state index in [9.17, 15) is 0 Å². The lowest BCUT2D eigenvalue weighted by molar-refractivity contribution is 0.975. The maximum atomic E-state index is 3.64. The summed E-state index contributed by atoms with van der Waals surface area (Å²) in [6, 6.07) is 0. The molecule has 1 radical (unpaired) electrons. The predicted octanol–water partition coefficient (Wildman–Crippen LogP) is 2.87. The van der Waals surface area contributed by atoms with E-state index in [-0.39, 0.29) is 0 Å². The van der Waals surface area contributed by atoms with Crippen molar-refractivity contribution in [3.8, 4) is 0 Å². The topological polar surface area (TPSA) is 0 Å². The molecule has 0 aliphatic heterocycles. The van der Waals surface area contributed by atoms with Crippen molar-refractivity contribution in [1.29, 1.82) is 0 Å². The molecule has 0 saturated heterocycles. The third kappa shape index (κ3) is 6.09. The minimum atomic E-state index is 1.15. The number of thioether (sulfide) groups is 1. The van der Waals surface area contributed by atoms with Gasteiger partial charge in [-0.15, -0.1) is 6.58 Å². The molecule has 1 heteroatoms. The van der Waals surface area contributed by atoms with Gasteiger partial charge in [0.25, 0.3) is 0 Å². The summed E-state index contributed by atoms with van der Waals surface area (Å²) in [7, 11) is 0. The van der Waals surface area contributed by atoms with Crippen LogP contribution in [0.3, 0.4) is 0 Å². The van der Waals surface area contributed by atoms with Crippen LogP contribution >= 0.6 is 11.8 Å². The quantitative estimate of drug-likeness (QED) is 0.406. The first kappa shape index (κ1) is 8.09. The average Bonchev–Trinajstić information content (AvgIpc) is 1.81. The average molecular weight is 129 g/mol. The minimum Gasteiger partial charge on any atom is -0.158 e. The standard InChI is InChI=1S/C7H13S/c1-3-5-6-7-8-4-2/h3-4H,1,5-7H2,2H3. The van der Waals surface area contributed by atoms with E-state index in [4.69, 9.17) is 0 Å². The molecule has 47 valence electrons. The van der Waals surface area contributed by atoms with E-state index < -0.39 is 0 Å². The van der Waals surface area contributed by atoms with E-state index in [1.807, 2.05) is 17.8 Å². The van der Waals surface area contributed by atoms with Gasteiger partial charge in [0.1, 0.15) is 0 Å². The van der Waals surface area contributed by atoms with Gasteiger partial charge in [-0.25, -0.2) is 0 Å². The molecular formula is C7H13S. The summed E-state index contributed by atoms with van der Waals surface area (Å²) in [6.07, 6.45) is 4.38. The largest absolute Gasteiger partial charge is 0.158 e. The summed E-state index contributed by atoms with van der Waals surface area (Å²) in [5.74, 6) is 3.37. The molecule has 0 bridgehead atoms. The second-order valence-corrected chi connectivity index (χ2v) is 2.75. The van der Waals surface area contributed by atoms with Crippen LogP contribution in [-0.4, -0.2) is 5.75 Å². The number of allylic oxidation sites excluding steroid dienone is 1. The van der Waals surface area contributed by atoms with Crippen molar-refractivity contribution in [2.24, 2.45) is 0 Å². The Morgan fingerprint density at radius 2 is 2.38 bits per heavy atom. The first-order valence-corrected chi connectivity index (χ1v) is 3.97. The molecule has 0 saturated carbocycles. The Hall–Kier alpha value is 0.0900. The van der Waals surface area contributed by atoms with Gasteiger partial charge in [-0.1, -0.05) is 13.0 Å². The number of unbranched alkanes of at least 4 members (excludes halogenated alkanes) is 1. The third-order valence-corrected chi connectivity index (χ3v) is 1.69. The summed E-state index contributed by atoms with van der Waals surface area (Å²) < 4.78 is 0. The summed E-state index contributed by atoms with van der Waals surface area (Å²) >= 11 is 1.88. The SMILES string of the molecule is C=CCCCS[CH]C. The lowest BCUT2D eigenvalue weighted by Gasteiger charge is -1.91. The maximum Gasteiger partial charge on any atom is 0.0135 e. The highest BCUT2D eigenvalue weighted by Gasteiger charge is 1.81. The summed E-state index contributed by atoms with van der Waals surface area (Å²) in [5.41, 5.74) is 0. The molecule has 0 nitrogen and oxygen atoms in total. The maximum absolute atomic E-state index is 3.64. The predicted molar refractivity (Wildman–Crippen MR) is 41.9 cm³/mol. The highest BCUT2D eigenvalue weighted by molar-refractivity contribution is 8.01. The van der Waals surface area contributed by atoms with Gasteiger partial charge >= 0.3 is 0 Å². The van der Waals surface area contributed by atoms with Crippen LogP contribution in [0.15, 0.2) is 12.7 Å². The van der Waals surface area contributed by atoms with Crippen LogP contribution in [0.5, 0.6) is 0 Å². The Labute approximate surface area is 56.4 Å². The highest BCUT2D eigenvalue weighted by Crippen LogP contribution is 2.06. The van der Waals surface area contributed by atoms with Crippen molar-refractivity contribution in [2.45, 2.75) is 19.8 Å². The molecule has 0 amide bonds. The molecule has 0 fully saturated rings. The fourth-order valence-electron chi connectivity index (χ4n) is 0.429. The molecule has 0 aromatic heterocycles. The Balaban J connectivity index is 2.62. The van der Waals surface area contributed by atoms with E-state index in [1.54, 1.807) is 0 Å². The first-order chi connectivity index (χ1) is 3.91. The van der Waals surface area contributed by atoms with Gasteiger partial charge in [0.2, 0.25) is 0 Å². The molecule has 0 N–H and O–H groups in total. The Kier molecular flexibility index (Phi) is 7.17.